The highest BCUT2D eigenvalue weighted by atomic mass is 19.3. The van der Waals surface area contributed by atoms with E-state index in [1.165, 1.54) is 12.5 Å². The minimum Gasteiger partial charge on any atom is -0.312 e. The van der Waals surface area contributed by atoms with E-state index >= 15 is 0 Å². The molecule has 1 aromatic carbocycles. The first-order valence-corrected chi connectivity index (χ1v) is 6.07. The molecule has 94 valence electrons. The van der Waals surface area contributed by atoms with Crippen LogP contribution in [0.15, 0.2) is 24.3 Å². The highest BCUT2D eigenvalue weighted by Gasteiger charge is 2.44. The molecular weight excluding hydrogens is 220 g/mol. The van der Waals surface area contributed by atoms with Gasteiger partial charge in [0.05, 0.1) is 0 Å². The number of hydrogen-bond donors (Lipinski definition) is 1. The molecule has 0 bridgehead atoms. The van der Waals surface area contributed by atoms with Crippen LogP contribution in [0.25, 0.3) is 0 Å². The van der Waals surface area contributed by atoms with Crippen molar-refractivity contribution >= 4 is 0 Å². The molecule has 0 saturated heterocycles. The number of halogens is 2. The Hall–Kier alpha value is -0.960. The summed E-state index contributed by atoms with van der Waals surface area (Å²) in [5, 5.41) is 3.34. The van der Waals surface area contributed by atoms with Gasteiger partial charge in [0.2, 0.25) is 0 Å². The van der Waals surface area contributed by atoms with E-state index in [9.17, 15) is 8.78 Å². The number of hydrogen-bond acceptors (Lipinski definition) is 1. The van der Waals surface area contributed by atoms with Crippen molar-refractivity contribution in [1.82, 2.24) is 5.32 Å². The average Bonchev–Trinajstić information content (AvgIpc) is 2.87. The number of benzene rings is 1. The lowest BCUT2D eigenvalue weighted by Crippen LogP contribution is -2.18. The van der Waals surface area contributed by atoms with Crippen LogP contribution < -0.4 is 5.32 Å². The lowest BCUT2D eigenvalue weighted by molar-refractivity contribution is 0.151. The van der Waals surface area contributed by atoms with Gasteiger partial charge in [-0.3, -0.25) is 0 Å². The molecule has 1 fully saturated rings. The van der Waals surface area contributed by atoms with Crippen LogP contribution in [-0.4, -0.2) is 6.54 Å². The minimum absolute atomic E-state index is 0.107. The molecule has 1 aromatic rings. The maximum atomic E-state index is 12.5. The van der Waals surface area contributed by atoms with Crippen LogP contribution in [0.1, 0.15) is 37.8 Å². The normalized spacial score (nSPS) is 21.8. The Morgan fingerprint density at radius 2 is 2.12 bits per heavy atom. The Bertz CT molecular complexity index is 388. The van der Waals surface area contributed by atoms with Gasteiger partial charge in [-0.15, -0.1) is 0 Å². The summed E-state index contributed by atoms with van der Waals surface area (Å²) in [4.78, 5) is 0. The summed E-state index contributed by atoms with van der Waals surface area (Å²) in [7, 11) is 0. The summed E-state index contributed by atoms with van der Waals surface area (Å²) < 4.78 is 25.0. The average molecular weight is 239 g/mol. The zero-order valence-corrected chi connectivity index (χ0v) is 10.3. The summed E-state index contributed by atoms with van der Waals surface area (Å²) in [6.45, 7) is 6.17. The molecule has 17 heavy (non-hydrogen) atoms. The Labute approximate surface area is 101 Å². The van der Waals surface area contributed by atoms with Crippen LogP contribution >= 0.6 is 0 Å². The minimum atomic E-state index is -2.38. The summed E-state index contributed by atoms with van der Waals surface area (Å²) in [6, 6.07) is 6.63. The zero-order chi connectivity index (χ0) is 12.5. The molecule has 0 aliphatic heterocycles. The third-order valence-corrected chi connectivity index (χ3v) is 3.64. The van der Waals surface area contributed by atoms with Gasteiger partial charge in [-0.05, 0) is 35.9 Å². The van der Waals surface area contributed by atoms with Gasteiger partial charge in [0.1, 0.15) is 0 Å². The Kier molecular flexibility index (Phi) is 3.48. The molecule has 1 aliphatic rings. The van der Waals surface area contributed by atoms with Gasteiger partial charge in [-0.2, -0.15) is 0 Å². The predicted octanol–water partition coefficient (Wildman–Crippen LogP) is 3.76. The van der Waals surface area contributed by atoms with E-state index in [0.717, 1.165) is 18.0 Å². The number of rotatable bonds is 5. The Morgan fingerprint density at radius 1 is 1.41 bits per heavy atom. The van der Waals surface area contributed by atoms with Crippen molar-refractivity contribution in [2.24, 2.45) is 11.3 Å². The van der Waals surface area contributed by atoms with E-state index in [1.807, 2.05) is 6.07 Å². The third-order valence-electron chi connectivity index (χ3n) is 3.64. The van der Waals surface area contributed by atoms with E-state index in [4.69, 9.17) is 0 Å². The molecule has 0 radical (unpaired) electrons. The maximum absolute atomic E-state index is 12.5. The predicted molar refractivity (Wildman–Crippen MR) is 65.0 cm³/mol. The smallest absolute Gasteiger partial charge is 0.263 e. The Balaban J connectivity index is 1.81. The monoisotopic (exact) mass is 239 g/mol. The van der Waals surface area contributed by atoms with E-state index in [-0.39, 0.29) is 5.56 Å². The van der Waals surface area contributed by atoms with Gasteiger partial charge in [0.25, 0.3) is 6.43 Å². The molecule has 1 saturated carbocycles. The fourth-order valence-electron chi connectivity index (χ4n) is 2.15. The van der Waals surface area contributed by atoms with Crippen molar-refractivity contribution in [2.45, 2.75) is 33.2 Å². The summed E-state index contributed by atoms with van der Waals surface area (Å²) in [5.74, 6) is 0.737. The fourth-order valence-corrected chi connectivity index (χ4v) is 2.15. The van der Waals surface area contributed by atoms with Crippen LogP contribution in [0.4, 0.5) is 8.78 Å². The second kappa shape index (κ2) is 4.73. The van der Waals surface area contributed by atoms with Crippen LogP contribution in [0.2, 0.25) is 0 Å². The number of nitrogens with one attached hydrogen (secondary N) is 1. The lowest BCUT2D eigenvalue weighted by atomic mass is 10.1. The fraction of sp³-hybridized carbons (Fsp3) is 0.571. The number of alkyl halides is 2. The molecule has 2 rings (SSSR count). The summed E-state index contributed by atoms with van der Waals surface area (Å²) in [6.07, 6.45) is -1.12. The van der Waals surface area contributed by atoms with Gasteiger partial charge in [0.15, 0.2) is 0 Å². The summed E-state index contributed by atoms with van der Waals surface area (Å²) >= 11 is 0. The molecule has 1 unspecified atom stereocenters. The highest BCUT2D eigenvalue weighted by molar-refractivity contribution is 5.24. The van der Waals surface area contributed by atoms with Crippen LogP contribution in [0.3, 0.4) is 0 Å². The van der Waals surface area contributed by atoms with E-state index in [2.05, 4.69) is 19.2 Å². The van der Waals surface area contributed by atoms with Crippen LogP contribution in [0.5, 0.6) is 0 Å². The second-order valence-electron chi connectivity index (χ2n) is 5.57. The maximum Gasteiger partial charge on any atom is 0.263 e. The Morgan fingerprint density at radius 3 is 2.71 bits per heavy atom. The van der Waals surface area contributed by atoms with Crippen molar-refractivity contribution in [3.8, 4) is 0 Å². The zero-order valence-electron chi connectivity index (χ0n) is 10.3. The topological polar surface area (TPSA) is 12.0 Å². The van der Waals surface area contributed by atoms with Crippen molar-refractivity contribution < 1.29 is 8.78 Å². The standard InChI is InChI=1S/C14H19F2N/c1-14(2)7-12(14)9-17-8-10-4-3-5-11(6-10)13(15)16/h3-6,12-13,17H,7-9H2,1-2H3. The van der Waals surface area contributed by atoms with E-state index in [0.29, 0.717) is 12.0 Å². The van der Waals surface area contributed by atoms with Crippen molar-refractivity contribution in [3.63, 3.8) is 0 Å². The SMILES string of the molecule is CC1(C)CC1CNCc1cccc(C(F)F)c1. The first-order valence-electron chi connectivity index (χ1n) is 6.07. The molecule has 1 nitrogen and oxygen atoms in total. The van der Waals surface area contributed by atoms with E-state index < -0.39 is 6.43 Å². The summed E-state index contributed by atoms with van der Waals surface area (Å²) in [5.41, 5.74) is 1.51. The third kappa shape index (κ3) is 3.25. The van der Waals surface area contributed by atoms with Gasteiger partial charge >= 0.3 is 0 Å². The molecule has 0 aromatic heterocycles. The van der Waals surface area contributed by atoms with Gasteiger partial charge in [-0.25, -0.2) is 8.78 Å². The van der Waals surface area contributed by atoms with E-state index in [1.54, 1.807) is 12.1 Å². The van der Waals surface area contributed by atoms with Crippen LogP contribution in [0, 0.1) is 11.3 Å². The first kappa shape index (κ1) is 12.5. The molecule has 3 heteroatoms. The lowest BCUT2D eigenvalue weighted by Gasteiger charge is -2.07. The molecule has 0 amide bonds. The molecule has 1 aliphatic carbocycles. The molecular formula is C14H19F2N. The largest absolute Gasteiger partial charge is 0.312 e. The highest BCUT2D eigenvalue weighted by Crippen LogP contribution is 2.50. The molecule has 1 N–H and O–H groups in total. The van der Waals surface area contributed by atoms with Gasteiger partial charge in [0, 0.05) is 12.1 Å². The van der Waals surface area contributed by atoms with Crippen LogP contribution in [-0.2, 0) is 6.54 Å². The van der Waals surface area contributed by atoms with Crippen molar-refractivity contribution in [2.75, 3.05) is 6.54 Å². The molecule has 1 atom stereocenters. The quantitative estimate of drug-likeness (QED) is 0.825. The molecule has 0 heterocycles. The van der Waals surface area contributed by atoms with Gasteiger partial charge < -0.3 is 5.32 Å². The van der Waals surface area contributed by atoms with Crippen molar-refractivity contribution in [1.29, 1.82) is 0 Å². The van der Waals surface area contributed by atoms with Crippen molar-refractivity contribution in [3.05, 3.63) is 35.4 Å². The second-order valence-corrected chi connectivity index (χ2v) is 5.57. The molecule has 0 spiro atoms. The first-order chi connectivity index (χ1) is 7.99. The van der Waals surface area contributed by atoms with Gasteiger partial charge in [-0.1, -0.05) is 32.0 Å².